The van der Waals surface area contributed by atoms with Crippen LogP contribution in [0.15, 0.2) is 24.3 Å². The molecule has 0 spiro atoms. The number of fused-ring (bicyclic) bond motifs is 1. The van der Waals surface area contributed by atoms with Gasteiger partial charge in [-0.15, -0.1) is 11.8 Å². The monoisotopic (exact) mass is 280 g/mol. The number of benzene rings is 1. The standard InChI is InChI=1S/C14H20N2O2S/c1-9-7-10(5-6-19-14(15)16)12-4-3-11(17-2)8-13(12)18-9/h3-5,8-9,14H,6-7,15-16H2,1-2H3/b10-5+/t9-/m1/s1. The Morgan fingerprint density at radius 2 is 2.32 bits per heavy atom. The van der Waals surface area contributed by atoms with Crippen molar-refractivity contribution in [3.05, 3.63) is 29.8 Å². The fourth-order valence-corrected chi connectivity index (χ4v) is 2.64. The van der Waals surface area contributed by atoms with Crippen molar-refractivity contribution in [1.29, 1.82) is 0 Å². The van der Waals surface area contributed by atoms with Crippen LogP contribution < -0.4 is 20.9 Å². The first-order chi connectivity index (χ1) is 9.10. The SMILES string of the molecule is COc1ccc2c(c1)O[C@H](C)C/C2=C\CSC(N)N. The number of nitrogens with two attached hydrogens (primary N) is 2. The van der Waals surface area contributed by atoms with Gasteiger partial charge in [-0.05, 0) is 24.6 Å². The van der Waals surface area contributed by atoms with Crippen LogP contribution in [0.4, 0.5) is 0 Å². The highest BCUT2D eigenvalue weighted by atomic mass is 32.2. The first-order valence-corrected chi connectivity index (χ1v) is 7.32. The molecule has 1 aliphatic rings. The predicted octanol–water partition coefficient (Wildman–Crippen LogP) is 2.18. The van der Waals surface area contributed by atoms with Gasteiger partial charge in [-0.25, -0.2) is 0 Å². The largest absolute Gasteiger partial charge is 0.497 e. The van der Waals surface area contributed by atoms with E-state index in [1.807, 2.05) is 18.2 Å². The molecule has 0 saturated heterocycles. The zero-order valence-electron chi connectivity index (χ0n) is 11.3. The Kier molecular flexibility index (Phi) is 4.74. The highest BCUT2D eigenvalue weighted by molar-refractivity contribution is 7.99. The van der Waals surface area contributed by atoms with E-state index in [0.717, 1.165) is 29.2 Å². The molecule has 0 saturated carbocycles. The molecular formula is C14H20N2O2S. The molecule has 19 heavy (non-hydrogen) atoms. The maximum Gasteiger partial charge on any atom is 0.130 e. The van der Waals surface area contributed by atoms with Crippen molar-refractivity contribution in [2.75, 3.05) is 12.9 Å². The number of ether oxygens (including phenoxy) is 2. The van der Waals surface area contributed by atoms with Crippen molar-refractivity contribution in [3.8, 4) is 11.5 Å². The second-order valence-corrected chi connectivity index (χ2v) is 5.73. The lowest BCUT2D eigenvalue weighted by atomic mass is 9.96. The summed E-state index contributed by atoms with van der Waals surface area (Å²) in [6.45, 7) is 2.07. The molecule has 104 valence electrons. The fraction of sp³-hybridized carbons (Fsp3) is 0.429. The average Bonchev–Trinajstić information content (AvgIpc) is 2.37. The highest BCUT2D eigenvalue weighted by Crippen LogP contribution is 2.38. The van der Waals surface area contributed by atoms with E-state index in [9.17, 15) is 0 Å². The van der Waals surface area contributed by atoms with Crippen LogP contribution in [-0.2, 0) is 0 Å². The number of methoxy groups -OCH3 is 1. The molecule has 0 amide bonds. The van der Waals surface area contributed by atoms with Crippen LogP contribution in [-0.4, -0.2) is 24.5 Å². The molecule has 0 unspecified atom stereocenters. The smallest absolute Gasteiger partial charge is 0.130 e. The van der Waals surface area contributed by atoms with Crippen LogP contribution in [0.1, 0.15) is 18.9 Å². The first kappa shape index (κ1) is 14.2. The van der Waals surface area contributed by atoms with Gasteiger partial charge in [0.1, 0.15) is 17.0 Å². The van der Waals surface area contributed by atoms with E-state index >= 15 is 0 Å². The van der Waals surface area contributed by atoms with E-state index in [2.05, 4.69) is 13.0 Å². The zero-order chi connectivity index (χ0) is 13.8. The van der Waals surface area contributed by atoms with Crippen LogP contribution >= 0.6 is 11.8 Å². The minimum atomic E-state index is -0.329. The van der Waals surface area contributed by atoms with Gasteiger partial charge in [-0.2, -0.15) is 0 Å². The molecule has 0 aliphatic carbocycles. The van der Waals surface area contributed by atoms with Gasteiger partial charge in [0, 0.05) is 23.8 Å². The summed E-state index contributed by atoms with van der Waals surface area (Å²) in [5, 5.41) is 0. The molecule has 0 fully saturated rings. The number of rotatable bonds is 4. The Labute approximate surface area is 118 Å². The molecule has 0 aromatic heterocycles. The molecule has 1 atom stereocenters. The lowest BCUT2D eigenvalue weighted by Crippen LogP contribution is -2.26. The van der Waals surface area contributed by atoms with Gasteiger partial charge in [0.2, 0.25) is 0 Å². The zero-order valence-corrected chi connectivity index (χ0v) is 12.1. The number of hydrogen-bond donors (Lipinski definition) is 2. The second kappa shape index (κ2) is 6.32. The fourth-order valence-electron chi connectivity index (χ4n) is 2.12. The molecule has 0 bridgehead atoms. The molecule has 1 heterocycles. The van der Waals surface area contributed by atoms with Crippen molar-refractivity contribution >= 4 is 17.3 Å². The van der Waals surface area contributed by atoms with Gasteiger partial charge in [0.25, 0.3) is 0 Å². The molecular weight excluding hydrogens is 260 g/mol. The van der Waals surface area contributed by atoms with Crippen molar-refractivity contribution in [2.24, 2.45) is 11.5 Å². The Hall–Kier alpha value is -1.17. The normalized spacial score (nSPS) is 20.3. The van der Waals surface area contributed by atoms with E-state index in [1.54, 1.807) is 7.11 Å². The molecule has 1 aromatic rings. The summed E-state index contributed by atoms with van der Waals surface area (Å²) in [6, 6.07) is 5.92. The lowest BCUT2D eigenvalue weighted by Gasteiger charge is -2.26. The third-order valence-electron chi connectivity index (χ3n) is 2.99. The summed E-state index contributed by atoms with van der Waals surface area (Å²) >= 11 is 1.52. The Morgan fingerprint density at radius 3 is 3.00 bits per heavy atom. The first-order valence-electron chi connectivity index (χ1n) is 6.27. The van der Waals surface area contributed by atoms with E-state index in [-0.39, 0.29) is 11.6 Å². The Balaban J connectivity index is 2.23. The molecule has 4 nitrogen and oxygen atoms in total. The van der Waals surface area contributed by atoms with Crippen LogP contribution in [0.3, 0.4) is 0 Å². The van der Waals surface area contributed by atoms with E-state index < -0.39 is 0 Å². The van der Waals surface area contributed by atoms with Gasteiger partial charge in [0.05, 0.1) is 13.2 Å². The lowest BCUT2D eigenvalue weighted by molar-refractivity contribution is 0.217. The summed E-state index contributed by atoms with van der Waals surface area (Å²) in [5.74, 6) is 2.50. The minimum Gasteiger partial charge on any atom is -0.497 e. The quantitative estimate of drug-likeness (QED) is 0.827. The van der Waals surface area contributed by atoms with Crippen molar-refractivity contribution in [2.45, 2.75) is 24.9 Å². The van der Waals surface area contributed by atoms with Crippen LogP contribution in [0.5, 0.6) is 11.5 Å². The van der Waals surface area contributed by atoms with Crippen molar-refractivity contribution in [1.82, 2.24) is 0 Å². The van der Waals surface area contributed by atoms with Crippen LogP contribution in [0.25, 0.3) is 5.57 Å². The maximum atomic E-state index is 5.85. The third kappa shape index (κ3) is 3.65. The molecule has 5 heteroatoms. The number of hydrogen-bond acceptors (Lipinski definition) is 5. The summed E-state index contributed by atoms with van der Waals surface area (Å²) in [7, 11) is 1.66. The van der Waals surface area contributed by atoms with Gasteiger partial charge in [0.15, 0.2) is 0 Å². The highest BCUT2D eigenvalue weighted by Gasteiger charge is 2.20. The van der Waals surface area contributed by atoms with Gasteiger partial charge < -0.3 is 20.9 Å². The summed E-state index contributed by atoms with van der Waals surface area (Å²) in [6.07, 6.45) is 3.25. The average molecular weight is 280 g/mol. The van der Waals surface area contributed by atoms with E-state index in [4.69, 9.17) is 20.9 Å². The molecule has 2 rings (SSSR count). The topological polar surface area (TPSA) is 70.5 Å². The maximum absolute atomic E-state index is 5.85. The van der Waals surface area contributed by atoms with Gasteiger partial charge >= 0.3 is 0 Å². The van der Waals surface area contributed by atoms with Crippen LogP contribution in [0, 0.1) is 0 Å². The Bertz CT molecular complexity index is 475. The summed E-state index contributed by atoms with van der Waals surface area (Å²) < 4.78 is 11.1. The molecule has 4 N–H and O–H groups in total. The second-order valence-electron chi connectivity index (χ2n) is 4.52. The minimum absolute atomic E-state index is 0.169. The summed E-state index contributed by atoms with van der Waals surface area (Å²) in [5.41, 5.74) is 13.2. The van der Waals surface area contributed by atoms with E-state index in [0.29, 0.717) is 0 Å². The van der Waals surface area contributed by atoms with Gasteiger partial charge in [-0.1, -0.05) is 6.08 Å². The Morgan fingerprint density at radius 1 is 1.53 bits per heavy atom. The predicted molar refractivity (Wildman–Crippen MR) is 80.3 cm³/mol. The third-order valence-corrected chi connectivity index (χ3v) is 3.73. The van der Waals surface area contributed by atoms with Crippen LogP contribution in [0.2, 0.25) is 0 Å². The number of thioether (sulfide) groups is 1. The molecule has 0 radical (unpaired) electrons. The summed E-state index contributed by atoms with van der Waals surface area (Å²) in [4.78, 5) is 0. The van der Waals surface area contributed by atoms with Gasteiger partial charge in [-0.3, -0.25) is 0 Å². The van der Waals surface area contributed by atoms with Crippen molar-refractivity contribution < 1.29 is 9.47 Å². The molecule has 1 aliphatic heterocycles. The van der Waals surface area contributed by atoms with Crippen molar-refractivity contribution in [3.63, 3.8) is 0 Å². The van der Waals surface area contributed by atoms with E-state index in [1.165, 1.54) is 17.3 Å². The molecule has 1 aromatic carbocycles.